The van der Waals surface area contributed by atoms with E-state index in [0.29, 0.717) is 11.1 Å². The van der Waals surface area contributed by atoms with E-state index in [4.69, 9.17) is 27.9 Å². The molecule has 0 aliphatic heterocycles. The number of rotatable bonds is 17. The monoisotopic (exact) mass is 1320 g/mol. The van der Waals surface area contributed by atoms with E-state index in [2.05, 4.69) is 9.58 Å². The van der Waals surface area contributed by atoms with Crippen LogP contribution in [0.1, 0.15) is 102 Å². The summed E-state index contributed by atoms with van der Waals surface area (Å²) in [5, 5.41) is 34.8. The Bertz CT molecular complexity index is 3800. The minimum atomic E-state index is -1.21. The number of ketones is 1. The SMILES string of the molecule is CC(C)OC(=O)C(C#N)=C(c1cccc(F)c1)c1cccc(F)c1.CC(C)OC(=O)C(C#N)C(c1cccc(F)c1)c1cccc(F)c1.CCC(CO)C(c1cccc(F)c1)c1cccc(F)c1.O=C(c1cccc(F)c1)c1cccc(F)c1.[B].[B].[C-]#N.[C-]#[N+]CC(=O)OC.[Na+]. The van der Waals surface area contributed by atoms with Crippen LogP contribution in [-0.4, -0.2) is 78.1 Å². The van der Waals surface area contributed by atoms with E-state index in [-0.39, 0.29) is 122 Å². The summed E-state index contributed by atoms with van der Waals surface area (Å²) in [5.74, 6) is -8.41. The van der Waals surface area contributed by atoms with Crippen LogP contribution in [0, 0.1) is 99.4 Å². The average molecular weight is 1320 g/mol. The van der Waals surface area contributed by atoms with Gasteiger partial charge in [-0.3, -0.25) is 9.59 Å². The Morgan fingerprint density at radius 2 is 0.823 bits per heavy atom. The molecule has 8 aromatic carbocycles. The summed E-state index contributed by atoms with van der Waals surface area (Å²) in [7, 11) is 1.26. The van der Waals surface area contributed by atoms with Gasteiger partial charge in [-0.25, -0.2) is 51.3 Å². The molecule has 0 bridgehead atoms. The molecule has 0 fully saturated rings. The number of aliphatic hydroxyl groups is 1. The van der Waals surface area contributed by atoms with Crippen molar-refractivity contribution in [2.45, 2.75) is 65.1 Å². The summed E-state index contributed by atoms with van der Waals surface area (Å²) < 4.78 is 122. The Morgan fingerprint density at radius 1 is 0.510 bits per heavy atom. The van der Waals surface area contributed by atoms with E-state index in [1.807, 2.05) is 25.1 Å². The number of methoxy groups -OCH3 is 1. The second-order valence-electron chi connectivity index (χ2n) is 20.2. The predicted molar refractivity (Wildman–Crippen MR) is 342 cm³/mol. The fourth-order valence-electron chi connectivity index (χ4n) is 8.93. The van der Waals surface area contributed by atoms with Crippen molar-refractivity contribution in [2.75, 3.05) is 20.3 Å². The molecule has 0 saturated heterocycles. The zero-order valence-electron chi connectivity index (χ0n) is 53.3. The molecule has 96 heavy (non-hydrogen) atoms. The molecule has 0 amide bonds. The first-order valence-electron chi connectivity index (χ1n) is 28.3. The molecule has 8 rings (SSSR count). The third-order valence-corrected chi connectivity index (χ3v) is 12.9. The molecule has 12 nitrogen and oxygen atoms in total. The summed E-state index contributed by atoms with van der Waals surface area (Å²) in [6, 6.07) is 49.0. The van der Waals surface area contributed by atoms with Crippen LogP contribution in [0.15, 0.2) is 200 Å². The summed E-state index contributed by atoms with van der Waals surface area (Å²) in [6.45, 7) is 19.3. The molecule has 6 radical (unpaired) electrons. The number of benzene rings is 8. The van der Waals surface area contributed by atoms with Gasteiger partial charge in [0.25, 0.3) is 0 Å². The maximum absolute atomic E-state index is 13.6. The molecule has 0 aliphatic rings. The maximum atomic E-state index is 13.6. The number of nitrogens with zero attached hydrogens (tertiary/aromatic N) is 4. The van der Waals surface area contributed by atoms with Crippen LogP contribution in [0.2, 0.25) is 0 Å². The van der Waals surface area contributed by atoms with Crippen molar-refractivity contribution in [3.8, 4) is 12.1 Å². The van der Waals surface area contributed by atoms with E-state index < -0.39 is 76.9 Å². The Hall–Kier alpha value is -9.93. The van der Waals surface area contributed by atoms with E-state index in [1.54, 1.807) is 70.2 Å². The van der Waals surface area contributed by atoms with Crippen molar-refractivity contribution in [3.05, 3.63) is 309 Å². The van der Waals surface area contributed by atoms with Crippen molar-refractivity contribution < 1.29 is 103 Å². The first-order chi connectivity index (χ1) is 44.5. The van der Waals surface area contributed by atoms with Crippen molar-refractivity contribution in [2.24, 2.45) is 11.8 Å². The minimum Gasteiger partial charge on any atom is -0.512 e. The summed E-state index contributed by atoms with van der Waals surface area (Å²) in [4.78, 5) is 49.1. The zero-order chi connectivity index (χ0) is 69.2. The maximum Gasteiger partial charge on any atom is 1.00 e. The Morgan fingerprint density at radius 3 is 1.08 bits per heavy atom. The molecule has 8 aromatic rings. The number of halogens is 8. The molecule has 23 heteroatoms. The fourth-order valence-corrected chi connectivity index (χ4v) is 8.93. The van der Waals surface area contributed by atoms with Crippen LogP contribution < -0.4 is 29.6 Å². The smallest absolute Gasteiger partial charge is 0.512 e. The van der Waals surface area contributed by atoms with Crippen molar-refractivity contribution in [3.63, 3.8) is 0 Å². The largest absolute Gasteiger partial charge is 1.00 e. The number of carbonyl (C=O) groups excluding carboxylic acids is 4. The van der Waals surface area contributed by atoms with Crippen LogP contribution in [0.5, 0.6) is 0 Å². The van der Waals surface area contributed by atoms with Crippen LogP contribution in [0.3, 0.4) is 0 Å². The summed E-state index contributed by atoms with van der Waals surface area (Å²) in [5.41, 5.74) is 3.17. The van der Waals surface area contributed by atoms with Gasteiger partial charge in [-0.05, 0) is 164 Å². The van der Waals surface area contributed by atoms with Gasteiger partial charge in [0, 0.05) is 52.0 Å². The van der Waals surface area contributed by atoms with Crippen molar-refractivity contribution >= 4 is 46.1 Å². The van der Waals surface area contributed by atoms with E-state index in [1.165, 1.54) is 141 Å². The molecule has 2 unspecified atom stereocenters. The first kappa shape index (κ1) is 86.1. The van der Waals surface area contributed by atoms with Gasteiger partial charge in [-0.2, -0.15) is 10.5 Å². The second kappa shape index (κ2) is 45.4. The standard InChI is InChI=1S/C19H17F2NO2.C19H15F2NO2.C17H18F2O.C13H8F2O.C4H5NO2.CN.2B.Na/c2*1-12(2)24-19(23)17(11-22)18(13-5-3-7-15(20)9-13)14-6-4-8-16(21)10-14;1-2-12(11-20)17(13-5-3-7-15(18)9-13)14-6-4-8-16(19)10-14;14-11-5-1-3-9(7-11)13(16)10-4-2-6-12(15)8-10;1-5-3-4(6)7-2;1-2;;;/h3-10,12,17-18H,1-2H3;3-10,12H,1-2H3;3-10,12,17,20H,2,11H2,1H3;1-8H;3H2,2H3;;;;/q;;;;;-1;;;+1. The molecule has 1 N–H and O–H groups in total. The quantitative estimate of drug-likeness (QED) is 0.0133. The molecule has 0 aliphatic carbocycles. The topological polar surface area (TPSA) is 192 Å². The van der Waals surface area contributed by atoms with Crippen molar-refractivity contribution in [1.82, 2.24) is 0 Å². The van der Waals surface area contributed by atoms with Crippen molar-refractivity contribution in [1.29, 1.82) is 15.8 Å². The van der Waals surface area contributed by atoms with Gasteiger partial charge >= 0.3 is 54.0 Å². The average Bonchev–Trinajstić information content (AvgIpc) is 0.841. The summed E-state index contributed by atoms with van der Waals surface area (Å²) in [6.07, 6.45) is -0.0927. The number of carbonyl (C=O) groups is 4. The third kappa shape index (κ3) is 28.3. The number of ether oxygens (including phenoxy) is 3. The Kier molecular flexibility index (Phi) is 40.7. The second-order valence-corrected chi connectivity index (χ2v) is 20.2. The Labute approximate surface area is 579 Å². The van der Waals surface area contributed by atoms with Gasteiger partial charge in [0.1, 0.15) is 58.2 Å². The molecular formula is C73H63B2F8N4NaO8. The minimum absolute atomic E-state index is 0. The van der Waals surface area contributed by atoms with Crippen LogP contribution >= 0.6 is 0 Å². The summed E-state index contributed by atoms with van der Waals surface area (Å²) >= 11 is 0. The molecular weight excluding hydrogens is 1260 g/mol. The van der Waals surface area contributed by atoms with E-state index >= 15 is 0 Å². The molecule has 0 aromatic heterocycles. The molecule has 0 heterocycles. The number of aliphatic hydroxyl groups excluding tert-OH is 1. The van der Waals surface area contributed by atoms with Gasteiger partial charge in [0.05, 0.1) is 25.4 Å². The Balaban J connectivity index is 0.00000120. The van der Waals surface area contributed by atoms with Crippen LogP contribution in [-0.2, 0) is 28.6 Å². The number of hydrogen-bond acceptors (Lipinski definition) is 11. The van der Waals surface area contributed by atoms with E-state index in [9.17, 15) is 69.9 Å². The van der Waals surface area contributed by atoms with Gasteiger partial charge < -0.3 is 36.0 Å². The normalized spacial score (nSPS) is 10.4. The van der Waals surface area contributed by atoms with Gasteiger partial charge in [0.2, 0.25) is 0 Å². The van der Waals surface area contributed by atoms with Gasteiger partial charge in [0.15, 0.2) is 11.7 Å². The molecule has 486 valence electrons. The number of nitriles is 2. The van der Waals surface area contributed by atoms with Crippen LogP contribution in [0.4, 0.5) is 35.1 Å². The fraction of sp³-hybridized carbons (Fsp3) is 0.205. The molecule has 0 saturated carbocycles. The molecule has 0 spiro atoms. The molecule has 2 atom stereocenters. The van der Waals surface area contributed by atoms with Gasteiger partial charge in [-0.15, -0.1) is 0 Å². The van der Waals surface area contributed by atoms with Gasteiger partial charge in [-0.1, -0.05) is 110 Å². The number of esters is 3. The van der Waals surface area contributed by atoms with Crippen LogP contribution in [0.25, 0.3) is 10.4 Å². The number of hydrogen-bond donors (Lipinski definition) is 1. The predicted octanol–water partition coefficient (Wildman–Crippen LogP) is 12.2. The first-order valence-corrected chi connectivity index (χ1v) is 28.3. The zero-order valence-corrected chi connectivity index (χ0v) is 55.3. The van der Waals surface area contributed by atoms with E-state index in [0.717, 1.165) is 29.7 Å². The third-order valence-electron chi connectivity index (χ3n) is 12.9.